The molecule has 218 valence electrons. The number of rotatable bonds is 15. The lowest BCUT2D eigenvalue weighted by molar-refractivity contribution is -0.153. The van der Waals surface area contributed by atoms with Gasteiger partial charge in [0, 0.05) is 10.7 Å². The molecule has 0 spiro atoms. The quantitative estimate of drug-likeness (QED) is 0.173. The molecule has 0 radical (unpaired) electrons. The molecule has 0 saturated heterocycles. The minimum Gasteiger partial charge on any atom is -0.492 e. The molecule has 0 aromatic heterocycles. The number of halogens is 1. The standard InChI is InChI=1S/C15H21NO6S.C11H15ClO3S/c1-3-12(2)11-22-16(13(10-17)9-15(18)19)23(20,21)14-7-5-4-6-8-14;1-3-9(2)8-15-10-6-4-5-7-11(10)16(12,13)14/h4-8,10,12-13H,3,9,11H2,1-2H3,(H,18,19);4-7,9H,3,8H2,1-2H3. The minimum atomic E-state index is -4.15. The number of carbonyl (C=O) groups excluding carboxylic acids is 1. The highest BCUT2D eigenvalue weighted by Gasteiger charge is 2.34. The van der Waals surface area contributed by atoms with Crippen molar-refractivity contribution < 1.29 is 41.1 Å². The second-order valence-electron chi connectivity index (χ2n) is 8.89. The van der Waals surface area contributed by atoms with Gasteiger partial charge in [-0.3, -0.25) is 9.63 Å². The molecule has 13 heteroatoms. The van der Waals surface area contributed by atoms with Gasteiger partial charge in [0.2, 0.25) is 0 Å². The van der Waals surface area contributed by atoms with Gasteiger partial charge in [0.1, 0.15) is 23.0 Å². The molecule has 3 atom stereocenters. The zero-order valence-corrected chi connectivity index (χ0v) is 24.8. The van der Waals surface area contributed by atoms with Crippen molar-refractivity contribution in [2.24, 2.45) is 11.8 Å². The van der Waals surface area contributed by atoms with Gasteiger partial charge in [-0.1, -0.05) is 75.3 Å². The topological polar surface area (TPSA) is 144 Å². The van der Waals surface area contributed by atoms with E-state index in [9.17, 15) is 26.4 Å². The van der Waals surface area contributed by atoms with Crippen molar-refractivity contribution in [2.75, 3.05) is 13.2 Å². The molecule has 3 unspecified atom stereocenters. The summed E-state index contributed by atoms with van der Waals surface area (Å²) in [5, 5.41) is 8.89. The number of carboxylic acids is 1. The fourth-order valence-corrected chi connectivity index (χ4v) is 5.21. The number of sulfonamides is 1. The molecule has 0 saturated carbocycles. The molecule has 0 heterocycles. The molecule has 0 bridgehead atoms. The SMILES string of the molecule is CCC(C)CON(C(C=O)CC(=O)O)S(=O)(=O)c1ccccc1.CCC(C)COc1ccccc1S(=O)(=O)Cl. The van der Waals surface area contributed by atoms with Crippen molar-refractivity contribution >= 4 is 42.0 Å². The van der Waals surface area contributed by atoms with Crippen molar-refractivity contribution in [2.45, 2.75) is 62.8 Å². The van der Waals surface area contributed by atoms with E-state index in [-0.39, 0.29) is 28.6 Å². The number of hydrogen-bond acceptors (Lipinski definition) is 8. The zero-order valence-electron chi connectivity index (χ0n) is 22.4. The number of nitrogens with zero attached hydrogens (tertiary/aromatic N) is 1. The lowest BCUT2D eigenvalue weighted by Crippen LogP contribution is -2.43. The first-order valence-electron chi connectivity index (χ1n) is 12.3. The van der Waals surface area contributed by atoms with Gasteiger partial charge in [-0.05, 0) is 36.1 Å². The summed E-state index contributed by atoms with van der Waals surface area (Å²) in [4.78, 5) is 27.4. The highest BCUT2D eigenvalue weighted by molar-refractivity contribution is 8.13. The Bertz CT molecular complexity index is 1260. The summed E-state index contributed by atoms with van der Waals surface area (Å²) in [5.41, 5.74) is 0. The third-order valence-corrected chi connectivity index (χ3v) is 8.68. The molecule has 1 N–H and O–H groups in total. The van der Waals surface area contributed by atoms with Crippen LogP contribution in [-0.2, 0) is 33.5 Å². The number of ether oxygens (including phenoxy) is 1. The van der Waals surface area contributed by atoms with E-state index in [2.05, 4.69) is 6.92 Å². The normalized spacial score (nSPS) is 14.0. The largest absolute Gasteiger partial charge is 0.492 e. The van der Waals surface area contributed by atoms with E-state index >= 15 is 0 Å². The molecule has 39 heavy (non-hydrogen) atoms. The van der Waals surface area contributed by atoms with Crippen LogP contribution < -0.4 is 4.74 Å². The monoisotopic (exact) mass is 605 g/mol. The van der Waals surface area contributed by atoms with Crippen molar-refractivity contribution in [1.82, 2.24) is 4.47 Å². The number of carbonyl (C=O) groups is 2. The number of para-hydroxylation sites is 1. The molecule has 2 aromatic carbocycles. The van der Waals surface area contributed by atoms with E-state index < -0.39 is 37.5 Å². The molecule has 0 aliphatic carbocycles. The molecular formula is C26H36ClNO9S2. The average molecular weight is 606 g/mol. The number of aliphatic carboxylic acids is 1. The van der Waals surface area contributed by atoms with Gasteiger partial charge in [-0.2, -0.15) is 0 Å². The second-order valence-corrected chi connectivity index (χ2v) is 13.2. The summed E-state index contributed by atoms with van der Waals surface area (Å²) < 4.78 is 53.8. The molecule has 10 nitrogen and oxygen atoms in total. The van der Waals surface area contributed by atoms with Crippen molar-refractivity contribution in [1.29, 1.82) is 0 Å². The Kier molecular flexibility index (Phi) is 14.7. The Hall–Kier alpha value is -2.51. The average Bonchev–Trinajstić information content (AvgIpc) is 2.91. The summed E-state index contributed by atoms with van der Waals surface area (Å²) in [6, 6.07) is 12.4. The molecule has 0 aliphatic heterocycles. The van der Waals surface area contributed by atoms with E-state index in [1.54, 1.807) is 24.3 Å². The van der Waals surface area contributed by atoms with E-state index in [1.807, 2.05) is 20.8 Å². The van der Waals surface area contributed by atoms with Crippen LogP contribution in [0.3, 0.4) is 0 Å². The van der Waals surface area contributed by atoms with Crippen LogP contribution in [0.5, 0.6) is 5.75 Å². The summed E-state index contributed by atoms with van der Waals surface area (Å²) in [6.45, 7) is 8.42. The van der Waals surface area contributed by atoms with Crippen LogP contribution in [0.25, 0.3) is 0 Å². The van der Waals surface area contributed by atoms with E-state index in [0.717, 1.165) is 12.8 Å². The Morgan fingerprint density at radius 3 is 2.00 bits per heavy atom. The fraction of sp³-hybridized carbons (Fsp3) is 0.462. The van der Waals surface area contributed by atoms with Crippen molar-refractivity contribution in [3.63, 3.8) is 0 Å². The highest BCUT2D eigenvalue weighted by Crippen LogP contribution is 2.27. The van der Waals surface area contributed by atoms with Crippen LogP contribution in [0.15, 0.2) is 64.4 Å². The van der Waals surface area contributed by atoms with Crippen LogP contribution in [0.4, 0.5) is 0 Å². The lowest BCUT2D eigenvalue weighted by atomic mass is 10.1. The first-order valence-corrected chi connectivity index (χ1v) is 16.1. The molecular weight excluding hydrogens is 570 g/mol. The minimum absolute atomic E-state index is 0.0277. The van der Waals surface area contributed by atoms with Crippen molar-refractivity contribution in [3.8, 4) is 5.75 Å². The number of carboxylic acid groups (broad SMARTS) is 1. The summed E-state index contributed by atoms with van der Waals surface area (Å²) in [5.74, 6) is -0.535. The maximum absolute atomic E-state index is 12.7. The van der Waals surface area contributed by atoms with Gasteiger partial charge in [0.25, 0.3) is 19.1 Å². The van der Waals surface area contributed by atoms with Gasteiger partial charge < -0.3 is 14.6 Å². The van der Waals surface area contributed by atoms with Crippen LogP contribution in [0.2, 0.25) is 0 Å². The fourth-order valence-electron chi connectivity index (χ4n) is 2.83. The third-order valence-electron chi connectivity index (χ3n) is 5.60. The van der Waals surface area contributed by atoms with Crippen LogP contribution in [-0.4, -0.2) is 57.9 Å². The zero-order chi connectivity index (χ0) is 29.6. The first kappa shape index (κ1) is 34.5. The van der Waals surface area contributed by atoms with Gasteiger partial charge in [0.05, 0.1) is 24.5 Å². The summed E-state index contributed by atoms with van der Waals surface area (Å²) >= 11 is 0. The lowest BCUT2D eigenvalue weighted by Gasteiger charge is -2.26. The maximum Gasteiger partial charge on any atom is 0.305 e. The predicted octanol–water partition coefficient (Wildman–Crippen LogP) is 4.74. The Morgan fingerprint density at radius 2 is 1.49 bits per heavy atom. The highest BCUT2D eigenvalue weighted by atomic mass is 35.7. The summed E-state index contributed by atoms with van der Waals surface area (Å²) in [6.07, 6.45) is 1.33. The number of hydroxylamine groups is 1. The van der Waals surface area contributed by atoms with E-state index in [1.165, 1.54) is 30.3 Å². The van der Waals surface area contributed by atoms with Crippen LogP contribution in [0.1, 0.15) is 47.0 Å². The number of aldehydes is 1. The Labute approximate surface area is 235 Å². The molecule has 0 fully saturated rings. The Balaban J connectivity index is 0.000000416. The van der Waals surface area contributed by atoms with E-state index in [4.69, 9.17) is 25.4 Å². The number of hydrogen-bond donors (Lipinski definition) is 1. The van der Waals surface area contributed by atoms with Gasteiger partial charge in [-0.15, -0.1) is 0 Å². The molecule has 0 amide bonds. The van der Waals surface area contributed by atoms with E-state index in [0.29, 0.717) is 22.7 Å². The smallest absolute Gasteiger partial charge is 0.305 e. The summed E-state index contributed by atoms with van der Waals surface area (Å²) in [7, 11) is -2.58. The van der Waals surface area contributed by atoms with Crippen LogP contribution in [0, 0.1) is 11.8 Å². The van der Waals surface area contributed by atoms with Crippen molar-refractivity contribution in [3.05, 3.63) is 54.6 Å². The first-order chi connectivity index (χ1) is 18.3. The van der Waals surface area contributed by atoms with Crippen LogP contribution >= 0.6 is 10.7 Å². The Morgan fingerprint density at radius 1 is 0.949 bits per heavy atom. The van der Waals surface area contributed by atoms with Gasteiger partial charge >= 0.3 is 5.97 Å². The molecule has 2 rings (SSSR count). The van der Waals surface area contributed by atoms with Gasteiger partial charge in [-0.25, -0.2) is 16.8 Å². The molecule has 2 aromatic rings. The predicted molar refractivity (Wildman–Crippen MR) is 147 cm³/mol. The maximum atomic E-state index is 12.7. The third kappa shape index (κ3) is 11.6. The number of benzene rings is 2. The van der Waals surface area contributed by atoms with Gasteiger partial charge in [0.15, 0.2) is 0 Å². The second kappa shape index (κ2) is 16.6. The molecule has 0 aliphatic rings.